The van der Waals surface area contributed by atoms with Crippen molar-refractivity contribution in [3.05, 3.63) is 12.2 Å². The van der Waals surface area contributed by atoms with Crippen LogP contribution in [0.25, 0.3) is 0 Å². The summed E-state index contributed by atoms with van der Waals surface area (Å²) in [6.45, 7) is 0.604. The highest BCUT2D eigenvalue weighted by molar-refractivity contribution is 5.82. The predicted molar refractivity (Wildman–Crippen MR) is 64.0 cm³/mol. The van der Waals surface area contributed by atoms with Gasteiger partial charge in [-0.1, -0.05) is 12.2 Å². The molecule has 5 nitrogen and oxygen atoms in total. The molecule has 2 rings (SSSR count). The van der Waals surface area contributed by atoms with Gasteiger partial charge in [-0.3, -0.25) is 9.59 Å². The van der Waals surface area contributed by atoms with E-state index in [0.29, 0.717) is 19.4 Å². The van der Waals surface area contributed by atoms with Gasteiger partial charge in [-0.15, -0.1) is 0 Å². The van der Waals surface area contributed by atoms with Gasteiger partial charge in [0, 0.05) is 32.1 Å². The van der Waals surface area contributed by atoms with E-state index in [2.05, 4.69) is 5.32 Å². The molecule has 3 unspecified atom stereocenters. The van der Waals surface area contributed by atoms with Gasteiger partial charge in [-0.25, -0.2) is 0 Å². The molecule has 2 aliphatic rings. The van der Waals surface area contributed by atoms with Gasteiger partial charge in [0.05, 0.1) is 5.92 Å². The molecule has 0 spiro atoms. The first-order chi connectivity index (χ1) is 8.06. The van der Waals surface area contributed by atoms with Crippen LogP contribution in [0.3, 0.4) is 0 Å². The molecule has 17 heavy (non-hydrogen) atoms. The van der Waals surface area contributed by atoms with Crippen LogP contribution >= 0.6 is 0 Å². The van der Waals surface area contributed by atoms with Crippen LogP contribution in [-0.2, 0) is 9.59 Å². The second-order valence-electron chi connectivity index (χ2n) is 4.91. The number of nitrogens with two attached hydrogens (primary N) is 1. The van der Waals surface area contributed by atoms with Crippen molar-refractivity contribution in [2.75, 3.05) is 13.6 Å². The Morgan fingerprint density at radius 2 is 2.29 bits per heavy atom. The highest BCUT2D eigenvalue weighted by Crippen LogP contribution is 2.17. The zero-order valence-corrected chi connectivity index (χ0v) is 10.1. The van der Waals surface area contributed by atoms with Crippen LogP contribution in [0.4, 0.5) is 0 Å². The summed E-state index contributed by atoms with van der Waals surface area (Å²) < 4.78 is 0. The quantitative estimate of drug-likeness (QED) is 0.643. The fraction of sp³-hybridized carbons (Fsp3) is 0.667. The number of amides is 2. The van der Waals surface area contributed by atoms with Crippen LogP contribution in [0.5, 0.6) is 0 Å². The SMILES string of the molecule is CN1CC(NC(=O)C2C=CC(N)C2)CCC1=O. The summed E-state index contributed by atoms with van der Waals surface area (Å²) in [7, 11) is 1.77. The topological polar surface area (TPSA) is 75.4 Å². The predicted octanol–water partition coefficient (Wildman–Crippen LogP) is -0.373. The summed E-state index contributed by atoms with van der Waals surface area (Å²) in [5, 5.41) is 2.99. The van der Waals surface area contributed by atoms with Gasteiger partial charge < -0.3 is 16.0 Å². The van der Waals surface area contributed by atoms with Crippen molar-refractivity contribution in [1.82, 2.24) is 10.2 Å². The largest absolute Gasteiger partial charge is 0.351 e. The van der Waals surface area contributed by atoms with Crippen molar-refractivity contribution >= 4 is 11.8 Å². The number of likely N-dealkylation sites (N-methyl/N-ethyl adjacent to an activating group) is 1. The van der Waals surface area contributed by atoms with Crippen molar-refractivity contribution in [1.29, 1.82) is 0 Å². The molecule has 94 valence electrons. The Morgan fingerprint density at radius 3 is 2.88 bits per heavy atom. The number of rotatable bonds is 2. The summed E-state index contributed by atoms with van der Waals surface area (Å²) in [6.07, 6.45) is 5.69. The molecule has 1 heterocycles. The third-order valence-electron chi connectivity index (χ3n) is 3.43. The van der Waals surface area contributed by atoms with Gasteiger partial charge in [-0.05, 0) is 12.8 Å². The number of nitrogens with zero attached hydrogens (tertiary/aromatic N) is 1. The molecule has 0 aromatic heterocycles. The van der Waals surface area contributed by atoms with Crippen LogP contribution in [0.2, 0.25) is 0 Å². The number of hydrogen-bond acceptors (Lipinski definition) is 3. The fourth-order valence-electron chi connectivity index (χ4n) is 2.36. The Balaban J connectivity index is 1.83. The van der Waals surface area contributed by atoms with Crippen molar-refractivity contribution in [2.45, 2.75) is 31.3 Å². The van der Waals surface area contributed by atoms with Crippen molar-refractivity contribution in [2.24, 2.45) is 11.7 Å². The van der Waals surface area contributed by atoms with Crippen molar-refractivity contribution < 1.29 is 9.59 Å². The maximum absolute atomic E-state index is 11.9. The minimum Gasteiger partial charge on any atom is -0.351 e. The Kier molecular flexibility index (Phi) is 3.47. The van der Waals surface area contributed by atoms with E-state index in [-0.39, 0.29) is 29.8 Å². The molecule has 0 aromatic rings. The monoisotopic (exact) mass is 237 g/mol. The minimum absolute atomic E-state index is 0.00126. The zero-order chi connectivity index (χ0) is 12.4. The normalized spacial score (nSPS) is 32.9. The first kappa shape index (κ1) is 12.1. The molecular formula is C12H19N3O2. The molecule has 0 aromatic carbocycles. The van der Waals surface area contributed by atoms with E-state index in [1.807, 2.05) is 12.2 Å². The zero-order valence-electron chi connectivity index (χ0n) is 10.1. The maximum Gasteiger partial charge on any atom is 0.227 e. The number of piperidine rings is 1. The van der Waals surface area contributed by atoms with Gasteiger partial charge in [0.25, 0.3) is 0 Å². The molecule has 5 heteroatoms. The van der Waals surface area contributed by atoms with E-state index in [9.17, 15) is 9.59 Å². The van der Waals surface area contributed by atoms with Crippen LogP contribution < -0.4 is 11.1 Å². The van der Waals surface area contributed by atoms with E-state index >= 15 is 0 Å². The molecular weight excluding hydrogens is 218 g/mol. The van der Waals surface area contributed by atoms with E-state index in [0.717, 1.165) is 6.42 Å². The summed E-state index contributed by atoms with van der Waals surface area (Å²) in [5.41, 5.74) is 5.72. The lowest BCUT2D eigenvalue weighted by Crippen LogP contribution is -2.49. The van der Waals surface area contributed by atoms with Gasteiger partial charge in [-0.2, -0.15) is 0 Å². The standard InChI is InChI=1S/C12H19N3O2/c1-15-7-10(4-5-11(15)16)14-12(17)8-2-3-9(13)6-8/h2-3,8-10H,4-7,13H2,1H3,(H,14,17). The van der Waals surface area contributed by atoms with E-state index < -0.39 is 0 Å². The second kappa shape index (κ2) is 4.87. The molecule has 0 bridgehead atoms. The Hall–Kier alpha value is -1.36. The number of likely N-dealkylation sites (tertiary alicyclic amines) is 1. The number of carbonyl (C=O) groups is 2. The van der Waals surface area contributed by atoms with Gasteiger partial charge in [0.1, 0.15) is 0 Å². The molecule has 1 saturated heterocycles. The molecule has 2 amide bonds. The second-order valence-corrected chi connectivity index (χ2v) is 4.91. The fourth-order valence-corrected chi connectivity index (χ4v) is 2.36. The Bertz CT molecular complexity index is 354. The van der Waals surface area contributed by atoms with Crippen LogP contribution in [0, 0.1) is 5.92 Å². The van der Waals surface area contributed by atoms with Gasteiger partial charge >= 0.3 is 0 Å². The summed E-state index contributed by atoms with van der Waals surface area (Å²) in [4.78, 5) is 24.9. The molecule has 3 atom stereocenters. The minimum atomic E-state index is -0.104. The molecule has 1 aliphatic heterocycles. The molecule has 0 radical (unpaired) electrons. The summed E-state index contributed by atoms with van der Waals surface area (Å²) in [6, 6.07) is 0.0804. The average molecular weight is 237 g/mol. The number of carbonyl (C=O) groups excluding carboxylic acids is 2. The smallest absolute Gasteiger partial charge is 0.227 e. The van der Waals surface area contributed by atoms with Crippen molar-refractivity contribution in [3.8, 4) is 0 Å². The summed E-state index contributed by atoms with van der Waals surface area (Å²) in [5.74, 6) is 0.0770. The molecule has 0 saturated carbocycles. The lowest BCUT2D eigenvalue weighted by Gasteiger charge is -2.30. The van der Waals surface area contributed by atoms with Crippen molar-refractivity contribution in [3.63, 3.8) is 0 Å². The molecule has 3 N–H and O–H groups in total. The molecule has 1 fully saturated rings. The van der Waals surface area contributed by atoms with E-state index in [1.54, 1.807) is 11.9 Å². The first-order valence-corrected chi connectivity index (χ1v) is 6.04. The highest BCUT2D eigenvalue weighted by Gasteiger charge is 2.28. The van der Waals surface area contributed by atoms with Gasteiger partial charge in [0.2, 0.25) is 11.8 Å². The third-order valence-corrected chi connectivity index (χ3v) is 3.43. The highest BCUT2D eigenvalue weighted by atomic mass is 16.2. The third kappa shape index (κ3) is 2.85. The number of nitrogens with one attached hydrogen (secondary N) is 1. The lowest BCUT2D eigenvalue weighted by molar-refractivity contribution is -0.134. The molecule has 1 aliphatic carbocycles. The number of hydrogen-bond donors (Lipinski definition) is 2. The average Bonchev–Trinajstić information content (AvgIpc) is 2.70. The van der Waals surface area contributed by atoms with E-state index in [1.165, 1.54) is 0 Å². The Labute approximate surface area is 101 Å². The van der Waals surface area contributed by atoms with Gasteiger partial charge in [0.15, 0.2) is 0 Å². The first-order valence-electron chi connectivity index (χ1n) is 6.04. The lowest BCUT2D eigenvalue weighted by atomic mass is 10.0. The maximum atomic E-state index is 11.9. The van der Waals surface area contributed by atoms with Crippen LogP contribution in [-0.4, -0.2) is 42.4 Å². The summed E-state index contributed by atoms with van der Waals surface area (Å²) >= 11 is 0. The van der Waals surface area contributed by atoms with Crippen LogP contribution in [0.15, 0.2) is 12.2 Å². The van der Waals surface area contributed by atoms with E-state index in [4.69, 9.17) is 5.73 Å². The Morgan fingerprint density at radius 1 is 1.53 bits per heavy atom. The van der Waals surface area contributed by atoms with Crippen LogP contribution in [0.1, 0.15) is 19.3 Å².